The van der Waals surface area contributed by atoms with Crippen molar-refractivity contribution in [3.8, 4) is 0 Å². The molecule has 100 valence electrons. The van der Waals surface area contributed by atoms with Crippen LogP contribution in [0.5, 0.6) is 0 Å². The molecule has 2 heterocycles. The Hall–Kier alpha value is -1.49. The zero-order valence-corrected chi connectivity index (χ0v) is 12.0. The number of hydrogen-bond donors (Lipinski definition) is 1. The molecule has 1 N–H and O–H groups in total. The first-order valence-electron chi connectivity index (χ1n) is 6.37. The first-order chi connectivity index (χ1) is 9.74. The van der Waals surface area contributed by atoms with Crippen LogP contribution in [0.3, 0.4) is 0 Å². The van der Waals surface area contributed by atoms with Crippen LogP contribution in [0.15, 0.2) is 47.5 Å². The van der Waals surface area contributed by atoms with E-state index in [-0.39, 0.29) is 5.38 Å². The number of allylic oxidation sites excluding steroid dienone is 3. The summed E-state index contributed by atoms with van der Waals surface area (Å²) >= 11 is 4.97. The Morgan fingerprint density at radius 2 is 2.25 bits per heavy atom. The third kappa shape index (κ3) is 1.76. The van der Waals surface area contributed by atoms with E-state index in [2.05, 4.69) is 9.71 Å². The van der Waals surface area contributed by atoms with Crippen LogP contribution in [0.1, 0.15) is 12.0 Å². The molecule has 5 heteroatoms. The molecule has 2 aromatic rings. The van der Waals surface area contributed by atoms with Gasteiger partial charge >= 0.3 is 0 Å². The second-order valence-corrected chi connectivity index (χ2v) is 6.58. The van der Waals surface area contributed by atoms with Gasteiger partial charge in [0.25, 0.3) is 0 Å². The molecule has 0 spiro atoms. The van der Waals surface area contributed by atoms with E-state index >= 15 is 0 Å². The summed E-state index contributed by atoms with van der Waals surface area (Å²) in [5.74, 6) is 0. The SMILES string of the molecule is [O-][S+]1Nc2c(ccc3cccnc23)C2=CC(Cl)CC=C21. The summed E-state index contributed by atoms with van der Waals surface area (Å²) in [5.41, 5.74) is 3.66. The van der Waals surface area contributed by atoms with Crippen molar-refractivity contribution in [2.24, 2.45) is 0 Å². The van der Waals surface area contributed by atoms with Gasteiger partial charge in [0.05, 0.1) is 10.9 Å². The molecular formula is C15H11ClN2OS. The topological polar surface area (TPSA) is 48.0 Å². The zero-order chi connectivity index (χ0) is 13.7. The van der Waals surface area contributed by atoms with E-state index in [1.165, 1.54) is 0 Å². The molecular weight excluding hydrogens is 292 g/mol. The molecule has 0 fully saturated rings. The number of alkyl halides is 1. The average Bonchev–Trinajstić information content (AvgIpc) is 2.47. The highest BCUT2D eigenvalue weighted by Crippen LogP contribution is 2.43. The minimum atomic E-state index is -1.24. The standard InChI is InChI=1S/C15H11ClN2OS/c16-10-4-6-13-12(8-10)11-5-3-9-2-1-7-17-14(9)15(11)18-20(13)19/h1-3,5-8,10,18H,4H2. The van der Waals surface area contributed by atoms with Gasteiger partial charge in [-0.05, 0) is 18.6 Å². The van der Waals surface area contributed by atoms with Gasteiger partial charge in [-0.25, -0.2) is 4.72 Å². The van der Waals surface area contributed by atoms with Crippen molar-refractivity contribution in [3.63, 3.8) is 0 Å². The number of fused-ring (bicyclic) bond motifs is 5. The summed E-state index contributed by atoms with van der Waals surface area (Å²) in [5, 5.41) is 0.984. The van der Waals surface area contributed by atoms with Crippen LogP contribution in [0.2, 0.25) is 0 Å². The Labute approximate surface area is 124 Å². The molecule has 0 saturated heterocycles. The number of nitrogens with one attached hydrogen (secondary N) is 1. The van der Waals surface area contributed by atoms with Crippen molar-refractivity contribution in [2.45, 2.75) is 11.8 Å². The van der Waals surface area contributed by atoms with Crippen molar-refractivity contribution in [1.29, 1.82) is 0 Å². The molecule has 1 aliphatic heterocycles. The summed E-state index contributed by atoms with van der Waals surface area (Å²) in [6, 6.07) is 7.97. The number of pyridine rings is 1. The Morgan fingerprint density at radius 3 is 3.15 bits per heavy atom. The van der Waals surface area contributed by atoms with Crippen LogP contribution < -0.4 is 4.72 Å². The molecule has 1 aromatic heterocycles. The summed E-state index contributed by atoms with van der Waals surface area (Å²) in [6.07, 6.45) is 6.41. The fourth-order valence-electron chi connectivity index (χ4n) is 2.68. The molecule has 2 atom stereocenters. The molecule has 1 aliphatic carbocycles. The largest absolute Gasteiger partial charge is 0.588 e. The number of anilines is 1. The molecule has 0 saturated carbocycles. The van der Waals surface area contributed by atoms with E-state index in [0.29, 0.717) is 0 Å². The van der Waals surface area contributed by atoms with Gasteiger partial charge in [-0.15, -0.1) is 11.6 Å². The summed E-state index contributed by atoms with van der Waals surface area (Å²) < 4.78 is 15.4. The Kier molecular flexibility index (Phi) is 2.77. The smallest absolute Gasteiger partial charge is 0.183 e. The van der Waals surface area contributed by atoms with Crippen LogP contribution in [0.25, 0.3) is 16.5 Å². The van der Waals surface area contributed by atoms with Gasteiger partial charge in [0.2, 0.25) is 0 Å². The Morgan fingerprint density at radius 1 is 1.35 bits per heavy atom. The maximum atomic E-state index is 12.4. The highest BCUT2D eigenvalue weighted by Gasteiger charge is 2.33. The van der Waals surface area contributed by atoms with Crippen molar-refractivity contribution in [2.75, 3.05) is 4.72 Å². The molecule has 20 heavy (non-hydrogen) atoms. The van der Waals surface area contributed by atoms with Crippen molar-refractivity contribution in [1.82, 2.24) is 4.98 Å². The zero-order valence-electron chi connectivity index (χ0n) is 10.5. The van der Waals surface area contributed by atoms with Gasteiger partial charge in [-0.1, -0.05) is 24.3 Å². The number of nitrogens with zero attached hydrogens (tertiary/aromatic N) is 1. The van der Waals surface area contributed by atoms with Gasteiger partial charge in [0, 0.05) is 22.7 Å². The molecule has 1 aromatic carbocycles. The maximum absolute atomic E-state index is 12.4. The lowest BCUT2D eigenvalue weighted by atomic mass is 9.96. The number of benzene rings is 1. The monoisotopic (exact) mass is 302 g/mol. The van der Waals surface area contributed by atoms with Gasteiger partial charge in [0.15, 0.2) is 4.91 Å². The van der Waals surface area contributed by atoms with Gasteiger partial charge in [-0.2, -0.15) is 0 Å². The third-order valence-electron chi connectivity index (χ3n) is 3.60. The Balaban J connectivity index is 2.01. The minimum absolute atomic E-state index is 0.0453. The third-order valence-corrected chi connectivity index (χ3v) is 5.08. The van der Waals surface area contributed by atoms with E-state index in [1.54, 1.807) is 6.20 Å². The summed E-state index contributed by atoms with van der Waals surface area (Å²) in [6.45, 7) is 0. The lowest BCUT2D eigenvalue weighted by Crippen LogP contribution is -2.24. The lowest BCUT2D eigenvalue weighted by Gasteiger charge is -2.27. The van der Waals surface area contributed by atoms with E-state index in [4.69, 9.17) is 11.6 Å². The molecule has 2 unspecified atom stereocenters. The molecule has 0 bridgehead atoms. The molecule has 4 rings (SSSR count). The minimum Gasteiger partial charge on any atom is -0.588 e. The molecule has 2 aliphatic rings. The average molecular weight is 303 g/mol. The normalized spacial score (nSPS) is 24.3. The van der Waals surface area contributed by atoms with E-state index < -0.39 is 11.4 Å². The second-order valence-electron chi connectivity index (χ2n) is 4.83. The van der Waals surface area contributed by atoms with Crippen LogP contribution >= 0.6 is 11.6 Å². The van der Waals surface area contributed by atoms with E-state index in [9.17, 15) is 4.55 Å². The summed E-state index contributed by atoms with van der Waals surface area (Å²) in [4.78, 5) is 5.23. The van der Waals surface area contributed by atoms with Crippen molar-refractivity contribution >= 4 is 45.1 Å². The fourth-order valence-corrected chi connectivity index (χ4v) is 4.02. The van der Waals surface area contributed by atoms with Crippen LogP contribution in [-0.4, -0.2) is 14.9 Å². The van der Waals surface area contributed by atoms with Crippen LogP contribution in [0.4, 0.5) is 5.69 Å². The molecule has 0 amide bonds. The fraction of sp³-hybridized carbons (Fsp3) is 0.133. The number of rotatable bonds is 0. The van der Waals surface area contributed by atoms with Crippen LogP contribution in [-0.2, 0) is 11.4 Å². The Bertz CT molecular complexity index is 772. The number of aromatic nitrogens is 1. The van der Waals surface area contributed by atoms with Crippen molar-refractivity contribution in [3.05, 3.63) is 53.1 Å². The van der Waals surface area contributed by atoms with Gasteiger partial charge < -0.3 is 4.55 Å². The molecule has 3 nitrogen and oxygen atoms in total. The lowest BCUT2D eigenvalue weighted by molar-refractivity contribution is 0.606. The number of hydrogen-bond acceptors (Lipinski definition) is 3. The number of halogens is 1. The molecule has 0 radical (unpaired) electrons. The van der Waals surface area contributed by atoms with Gasteiger partial charge in [-0.3, -0.25) is 4.98 Å². The van der Waals surface area contributed by atoms with E-state index in [1.807, 2.05) is 36.4 Å². The quantitative estimate of drug-likeness (QED) is 0.597. The highest BCUT2D eigenvalue weighted by molar-refractivity contribution is 7.97. The van der Waals surface area contributed by atoms with Crippen LogP contribution in [0, 0.1) is 0 Å². The predicted molar refractivity (Wildman–Crippen MR) is 83.8 cm³/mol. The summed E-state index contributed by atoms with van der Waals surface area (Å²) in [7, 11) is 0. The predicted octanol–water partition coefficient (Wildman–Crippen LogP) is 3.60. The van der Waals surface area contributed by atoms with Crippen molar-refractivity contribution < 1.29 is 4.55 Å². The van der Waals surface area contributed by atoms with E-state index in [0.717, 1.165) is 39.1 Å². The first kappa shape index (κ1) is 12.3. The highest BCUT2D eigenvalue weighted by atomic mass is 35.5. The van der Waals surface area contributed by atoms with Gasteiger partial charge in [0.1, 0.15) is 17.0 Å². The first-order valence-corrected chi connectivity index (χ1v) is 7.95. The maximum Gasteiger partial charge on any atom is 0.183 e. The second kappa shape index (κ2) is 4.52.